The van der Waals surface area contributed by atoms with Gasteiger partial charge in [0, 0.05) is 20.0 Å². The molecule has 0 N–H and O–H groups in total. The van der Waals surface area contributed by atoms with Gasteiger partial charge in [-0.3, -0.25) is 4.79 Å². The van der Waals surface area contributed by atoms with E-state index in [1.54, 1.807) is 6.92 Å². The highest BCUT2D eigenvalue weighted by Gasteiger charge is 2.19. The number of hydrogen-bond donors (Lipinski definition) is 0. The molecule has 0 aliphatic carbocycles. The van der Waals surface area contributed by atoms with E-state index in [1.807, 2.05) is 4.90 Å². The van der Waals surface area contributed by atoms with Gasteiger partial charge in [0.05, 0.1) is 0 Å². The molecule has 1 rings (SSSR count). The van der Waals surface area contributed by atoms with Crippen LogP contribution in [-0.2, 0) is 4.79 Å². The highest BCUT2D eigenvalue weighted by molar-refractivity contribution is 5.73. The molecule has 9 heavy (non-hydrogen) atoms. The van der Waals surface area contributed by atoms with Gasteiger partial charge in [-0.25, -0.2) is 0 Å². The highest BCUT2D eigenvalue weighted by Crippen LogP contribution is 2.14. The molecule has 1 fully saturated rings. The first-order valence-electron chi connectivity index (χ1n) is 3.45. The van der Waals surface area contributed by atoms with E-state index in [0.29, 0.717) is 5.92 Å². The summed E-state index contributed by atoms with van der Waals surface area (Å²) in [5.74, 6) is 0.938. The van der Waals surface area contributed by atoms with E-state index in [4.69, 9.17) is 0 Å². The lowest BCUT2D eigenvalue weighted by Gasteiger charge is -2.11. The second kappa shape index (κ2) is 2.38. The number of amides is 1. The predicted molar refractivity (Wildman–Crippen MR) is 36.0 cm³/mol. The van der Waals surface area contributed by atoms with Crippen LogP contribution in [-0.4, -0.2) is 23.9 Å². The molecule has 1 aliphatic rings. The molecule has 1 heterocycles. The first-order chi connectivity index (χ1) is 4.20. The molecule has 0 aromatic carbocycles. The molecule has 2 nitrogen and oxygen atoms in total. The molecule has 52 valence electrons. The lowest BCUT2D eigenvalue weighted by molar-refractivity contribution is -0.127. The summed E-state index contributed by atoms with van der Waals surface area (Å²) in [4.78, 5) is 12.6. The lowest BCUT2D eigenvalue weighted by atomic mass is 10.2. The van der Waals surface area contributed by atoms with Crippen LogP contribution in [0, 0.1) is 5.92 Å². The van der Waals surface area contributed by atoms with E-state index in [1.165, 1.54) is 6.42 Å². The standard InChI is InChI=1S/C7H13NO/c1-6-3-4-8(5-6)7(2)9/h6H,3-5H2,1-2H3/t6-/m1/s1. The van der Waals surface area contributed by atoms with E-state index < -0.39 is 0 Å². The molecule has 2 heteroatoms. The van der Waals surface area contributed by atoms with Gasteiger partial charge < -0.3 is 4.90 Å². The van der Waals surface area contributed by atoms with Gasteiger partial charge in [-0.15, -0.1) is 0 Å². The number of hydrogen-bond acceptors (Lipinski definition) is 1. The second-order valence-corrected chi connectivity index (χ2v) is 2.86. The first-order valence-corrected chi connectivity index (χ1v) is 3.45. The smallest absolute Gasteiger partial charge is 0.219 e. The number of carbonyl (C=O) groups is 1. The Balaban J connectivity index is 2.39. The van der Waals surface area contributed by atoms with Crippen molar-refractivity contribution in [2.24, 2.45) is 5.92 Å². The molecule has 0 aromatic heterocycles. The summed E-state index contributed by atoms with van der Waals surface area (Å²) in [7, 11) is 0. The molecular weight excluding hydrogens is 114 g/mol. The fourth-order valence-corrected chi connectivity index (χ4v) is 1.22. The molecule has 0 aromatic rings. The summed E-state index contributed by atoms with van der Waals surface area (Å²) in [5.41, 5.74) is 0. The van der Waals surface area contributed by atoms with E-state index in [-0.39, 0.29) is 5.91 Å². The zero-order valence-corrected chi connectivity index (χ0v) is 6.05. The normalized spacial score (nSPS) is 26.9. The van der Waals surface area contributed by atoms with Gasteiger partial charge in [0.15, 0.2) is 0 Å². The van der Waals surface area contributed by atoms with Crippen LogP contribution in [0.15, 0.2) is 0 Å². The maximum atomic E-state index is 10.7. The van der Waals surface area contributed by atoms with Gasteiger partial charge in [0.2, 0.25) is 5.91 Å². The quantitative estimate of drug-likeness (QED) is 0.473. The van der Waals surface area contributed by atoms with Crippen molar-refractivity contribution in [2.75, 3.05) is 13.1 Å². The Hall–Kier alpha value is -0.530. The van der Waals surface area contributed by atoms with Crippen LogP contribution < -0.4 is 0 Å². The fraction of sp³-hybridized carbons (Fsp3) is 0.857. The monoisotopic (exact) mass is 127 g/mol. The molecule has 0 saturated carbocycles. The Morgan fingerprint density at radius 1 is 1.67 bits per heavy atom. The maximum absolute atomic E-state index is 10.7. The Bertz CT molecular complexity index is 122. The molecule has 0 bridgehead atoms. The zero-order valence-electron chi connectivity index (χ0n) is 6.05. The average Bonchev–Trinajstić information content (AvgIpc) is 2.14. The van der Waals surface area contributed by atoms with Gasteiger partial charge in [0.25, 0.3) is 0 Å². The average molecular weight is 127 g/mol. The van der Waals surface area contributed by atoms with Crippen LogP contribution in [0.5, 0.6) is 0 Å². The summed E-state index contributed by atoms with van der Waals surface area (Å²) in [6.45, 7) is 5.76. The summed E-state index contributed by atoms with van der Waals surface area (Å²) in [6.07, 6.45) is 1.18. The van der Waals surface area contributed by atoms with Crippen LogP contribution in [0.25, 0.3) is 0 Å². The van der Waals surface area contributed by atoms with Crippen LogP contribution in [0.2, 0.25) is 0 Å². The van der Waals surface area contributed by atoms with Crippen LogP contribution in [0.1, 0.15) is 20.3 Å². The van der Waals surface area contributed by atoms with Crippen molar-refractivity contribution < 1.29 is 4.79 Å². The molecule has 0 unspecified atom stereocenters. The Labute approximate surface area is 55.8 Å². The second-order valence-electron chi connectivity index (χ2n) is 2.86. The van der Waals surface area contributed by atoms with Crippen molar-refractivity contribution in [1.82, 2.24) is 4.90 Å². The minimum absolute atomic E-state index is 0.222. The summed E-state index contributed by atoms with van der Waals surface area (Å²) in [5, 5.41) is 0. The van der Waals surface area contributed by atoms with E-state index >= 15 is 0 Å². The molecule has 1 atom stereocenters. The van der Waals surface area contributed by atoms with Gasteiger partial charge in [-0.2, -0.15) is 0 Å². The van der Waals surface area contributed by atoms with Crippen molar-refractivity contribution in [3.63, 3.8) is 0 Å². The Morgan fingerprint density at radius 3 is 2.56 bits per heavy atom. The zero-order chi connectivity index (χ0) is 6.85. The molecule has 0 radical (unpaired) electrons. The summed E-state index contributed by atoms with van der Waals surface area (Å²) >= 11 is 0. The summed E-state index contributed by atoms with van der Waals surface area (Å²) in [6, 6.07) is 0. The number of carbonyl (C=O) groups excluding carboxylic acids is 1. The van der Waals surface area contributed by atoms with Crippen LogP contribution in [0.4, 0.5) is 0 Å². The highest BCUT2D eigenvalue weighted by atomic mass is 16.2. The van der Waals surface area contributed by atoms with Crippen molar-refractivity contribution in [3.05, 3.63) is 0 Å². The Morgan fingerprint density at radius 2 is 2.33 bits per heavy atom. The van der Waals surface area contributed by atoms with Gasteiger partial charge >= 0.3 is 0 Å². The summed E-state index contributed by atoms with van der Waals surface area (Å²) < 4.78 is 0. The van der Waals surface area contributed by atoms with Crippen molar-refractivity contribution in [2.45, 2.75) is 20.3 Å². The van der Waals surface area contributed by atoms with E-state index in [0.717, 1.165) is 13.1 Å². The van der Waals surface area contributed by atoms with Gasteiger partial charge in [-0.1, -0.05) is 6.92 Å². The molecule has 1 amide bonds. The minimum Gasteiger partial charge on any atom is -0.343 e. The number of rotatable bonds is 0. The molecule has 1 saturated heterocycles. The van der Waals surface area contributed by atoms with Crippen LogP contribution in [0.3, 0.4) is 0 Å². The number of likely N-dealkylation sites (tertiary alicyclic amines) is 1. The third-order valence-electron chi connectivity index (χ3n) is 1.87. The van der Waals surface area contributed by atoms with Gasteiger partial charge in [-0.05, 0) is 12.3 Å². The van der Waals surface area contributed by atoms with Gasteiger partial charge in [0.1, 0.15) is 0 Å². The maximum Gasteiger partial charge on any atom is 0.219 e. The first kappa shape index (κ1) is 6.59. The Kier molecular flexibility index (Phi) is 1.74. The third-order valence-corrected chi connectivity index (χ3v) is 1.87. The van der Waals surface area contributed by atoms with Crippen molar-refractivity contribution in [1.29, 1.82) is 0 Å². The van der Waals surface area contributed by atoms with E-state index in [9.17, 15) is 4.79 Å². The topological polar surface area (TPSA) is 20.3 Å². The number of nitrogens with zero attached hydrogens (tertiary/aromatic N) is 1. The fourth-order valence-electron chi connectivity index (χ4n) is 1.22. The molecule has 0 spiro atoms. The van der Waals surface area contributed by atoms with E-state index in [2.05, 4.69) is 6.92 Å². The SMILES string of the molecule is CC(=O)N1CC[C@@H](C)C1. The third kappa shape index (κ3) is 1.44. The van der Waals surface area contributed by atoms with Crippen molar-refractivity contribution >= 4 is 5.91 Å². The molecular formula is C7H13NO. The lowest BCUT2D eigenvalue weighted by Crippen LogP contribution is -2.25. The van der Waals surface area contributed by atoms with Crippen molar-refractivity contribution in [3.8, 4) is 0 Å². The predicted octanol–water partition coefficient (Wildman–Crippen LogP) is 0.875. The van der Waals surface area contributed by atoms with Crippen LogP contribution >= 0.6 is 0 Å². The minimum atomic E-state index is 0.222. The largest absolute Gasteiger partial charge is 0.343 e. The molecule has 1 aliphatic heterocycles.